The standard InChI is InChI=1S/C7H11NS2/c1-5-6-3-2-4-8(6)7(9)10-5/h5-6H,2-4H2,1H3/t5-,6-/m0/s1. The first-order valence-electron chi connectivity index (χ1n) is 3.76. The van der Waals surface area contributed by atoms with Crippen LogP contribution >= 0.6 is 24.0 Å². The fraction of sp³-hybridized carbons (Fsp3) is 0.857. The van der Waals surface area contributed by atoms with Crippen molar-refractivity contribution in [3.63, 3.8) is 0 Å². The maximum atomic E-state index is 5.22. The summed E-state index contributed by atoms with van der Waals surface area (Å²) in [6.07, 6.45) is 2.70. The van der Waals surface area contributed by atoms with Gasteiger partial charge in [0, 0.05) is 17.8 Å². The van der Waals surface area contributed by atoms with Gasteiger partial charge in [-0.25, -0.2) is 0 Å². The van der Waals surface area contributed by atoms with Crippen LogP contribution < -0.4 is 0 Å². The van der Waals surface area contributed by atoms with Crippen LogP contribution in [0.5, 0.6) is 0 Å². The lowest BCUT2D eigenvalue weighted by molar-refractivity contribution is 0.413. The zero-order valence-electron chi connectivity index (χ0n) is 6.04. The molecule has 0 amide bonds. The smallest absolute Gasteiger partial charge is 0.136 e. The Bertz CT molecular complexity index is 169. The van der Waals surface area contributed by atoms with Crippen molar-refractivity contribution in [3.8, 4) is 0 Å². The quantitative estimate of drug-likeness (QED) is 0.515. The van der Waals surface area contributed by atoms with Crippen LogP contribution in [0.3, 0.4) is 0 Å². The molecule has 1 nitrogen and oxygen atoms in total. The summed E-state index contributed by atoms with van der Waals surface area (Å²) in [5, 5.41) is 0.745. The fourth-order valence-corrected chi connectivity index (χ4v) is 3.61. The number of hydrogen-bond donors (Lipinski definition) is 0. The molecule has 2 aliphatic heterocycles. The Balaban J connectivity index is 2.19. The average Bonchev–Trinajstić information content (AvgIpc) is 2.39. The van der Waals surface area contributed by atoms with E-state index in [1.54, 1.807) is 0 Å². The van der Waals surface area contributed by atoms with Gasteiger partial charge in [-0.1, -0.05) is 30.9 Å². The molecule has 0 spiro atoms. The number of nitrogens with zero attached hydrogens (tertiary/aromatic N) is 1. The molecule has 0 radical (unpaired) electrons. The van der Waals surface area contributed by atoms with Gasteiger partial charge in [-0.2, -0.15) is 0 Å². The van der Waals surface area contributed by atoms with E-state index in [0.717, 1.165) is 15.6 Å². The van der Waals surface area contributed by atoms with Crippen LogP contribution in [0.1, 0.15) is 19.8 Å². The van der Waals surface area contributed by atoms with Gasteiger partial charge in [0.05, 0.1) is 0 Å². The number of rotatable bonds is 0. The Morgan fingerprint density at radius 2 is 2.50 bits per heavy atom. The largest absolute Gasteiger partial charge is 0.353 e. The molecule has 0 unspecified atom stereocenters. The first-order chi connectivity index (χ1) is 4.79. The minimum Gasteiger partial charge on any atom is -0.353 e. The van der Waals surface area contributed by atoms with Crippen molar-refractivity contribution in [2.75, 3.05) is 6.54 Å². The molecule has 0 aromatic heterocycles. The van der Waals surface area contributed by atoms with Gasteiger partial charge in [0.1, 0.15) is 4.32 Å². The Kier molecular flexibility index (Phi) is 1.65. The third-order valence-corrected chi connectivity index (χ3v) is 4.01. The van der Waals surface area contributed by atoms with Crippen LogP contribution in [-0.2, 0) is 0 Å². The Morgan fingerprint density at radius 1 is 1.70 bits per heavy atom. The first-order valence-corrected chi connectivity index (χ1v) is 5.05. The minimum absolute atomic E-state index is 0.745. The van der Waals surface area contributed by atoms with E-state index in [-0.39, 0.29) is 0 Å². The van der Waals surface area contributed by atoms with E-state index in [2.05, 4.69) is 11.8 Å². The molecule has 0 N–H and O–H groups in total. The van der Waals surface area contributed by atoms with Crippen molar-refractivity contribution in [2.45, 2.75) is 31.1 Å². The molecule has 0 bridgehead atoms. The Hall–Kier alpha value is 0.240. The molecule has 2 heterocycles. The van der Waals surface area contributed by atoms with Crippen molar-refractivity contribution in [3.05, 3.63) is 0 Å². The summed E-state index contributed by atoms with van der Waals surface area (Å²) in [4.78, 5) is 2.39. The molecule has 56 valence electrons. The van der Waals surface area contributed by atoms with Gasteiger partial charge in [-0.05, 0) is 12.8 Å². The summed E-state index contributed by atoms with van der Waals surface area (Å²) in [6, 6.07) is 0.775. The molecule has 0 aliphatic carbocycles. The molecular weight excluding hydrogens is 162 g/mol. The molecule has 0 aromatic rings. The lowest BCUT2D eigenvalue weighted by Gasteiger charge is -2.16. The predicted octanol–water partition coefficient (Wildman–Crippen LogP) is 1.87. The molecule has 2 atom stereocenters. The number of thioether (sulfide) groups is 1. The average molecular weight is 173 g/mol. The van der Waals surface area contributed by atoms with Crippen LogP contribution in [0.2, 0.25) is 0 Å². The maximum Gasteiger partial charge on any atom is 0.136 e. The normalized spacial score (nSPS) is 38.9. The molecule has 2 saturated heterocycles. The van der Waals surface area contributed by atoms with Gasteiger partial charge in [0.2, 0.25) is 0 Å². The highest BCUT2D eigenvalue weighted by molar-refractivity contribution is 8.23. The molecule has 10 heavy (non-hydrogen) atoms. The van der Waals surface area contributed by atoms with Crippen LogP contribution in [0.15, 0.2) is 0 Å². The SMILES string of the molecule is C[C@@H]1SC(=S)N2CCC[C@@H]12. The second kappa shape index (κ2) is 2.38. The fourth-order valence-electron chi connectivity index (χ4n) is 1.81. The van der Waals surface area contributed by atoms with Crippen molar-refractivity contribution >= 4 is 28.3 Å². The maximum absolute atomic E-state index is 5.22. The van der Waals surface area contributed by atoms with Crippen molar-refractivity contribution < 1.29 is 0 Å². The number of hydrogen-bond acceptors (Lipinski definition) is 2. The highest BCUT2D eigenvalue weighted by Gasteiger charge is 2.38. The topological polar surface area (TPSA) is 3.24 Å². The van der Waals surface area contributed by atoms with Crippen LogP contribution in [0, 0.1) is 0 Å². The minimum atomic E-state index is 0.745. The zero-order chi connectivity index (χ0) is 7.14. The molecule has 2 aliphatic rings. The van der Waals surface area contributed by atoms with Crippen LogP contribution in [0.4, 0.5) is 0 Å². The Morgan fingerprint density at radius 3 is 3.20 bits per heavy atom. The van der Waals surface area contributed by atoms with Gasteiger partial charge in [-0.15, -0.1) is 0 Å². The highest BCUT2D eigenvalue weighted by Crippen LogP contribution is 2.37. The number of fused-ring (bicyclic) bond motifs is 1. The summed E-state index contributed by atoms with van der Waals surface area (Å²) >= 11 is 7.09. The molecule has 3 heteroatoms. The molecule has 0 saturated carbocycles. The lowest BCUT2D eigenvalue weighted by atomic mass is 10.2. The van der Waals surface area contributed by atoms with Gasteiger partial charge < -0.3 is 4.90 Å². The van der Waals surface area contributed by atoms with E-state index in [1.807, 2.05) is 11.8 Å². The molecule has 0 aromatic carbocycles. The monoisotopic (exact) mass is 173 g/mol. The summed E-state index contributed by atoms with van der Waals surface area (Å²) in [6.45, 7) is 3.49. The predicted molar refractivity (Wildman–Crippen MR) is 49.4 cm³/mol. The molecular formula is C7H11NS2. The van der Waals surface area contributed by atoms with E-state index >= 15 is 0 Å². The van der Waals surface area contributed by atoms with E-state index in [0.29, 0.717) is 0 Å². The van der Waals surface area contributed by atoms with Crippen LogP contribution in [0.25, 0.3) is 0 Å². The summed E-state index contributed by atoms with van der Waals surface area (Å²) in [7, 11) is 0. The second-order valence-corrected chi connectivity index (χ2v) is 5.00. The highest BCUT2D eigenvalue weighted by atomic mass is 32.2. The van der Waals surface area contributed by atoms with Crippen molar-refractivity contribution in [1.82, 2.24) is 4.90 Å². The number of thiocarbonyl (C=S) groups is 1. The van der Waals surface area contributed by atoms with Gasteiger partial charge in [-0.3, -0.25) is 0 Å². The summed E-state index contributed by atoms with van der Waals surface area (Å²) < 4.78 is 1.13. The molecule has 2 rings (SSSR count). The third-order valence-electron chi connectivity index (χ3n) is 2.36. The van der Waals surface area contributed by atoms with Crippen molar-refractivity contribution in [2.24, 2.45) is 0 Å². The van der Waals surface area contributed by atoms with E-state index < -0.39 is 0 Å². The van der Waals surface area contributed by atoms with Crippen LogP contribution in [-0.4, -0.2) is 27.1 Å². The second-order valence-electron chi connectivity index (χ2n) is 2.99. The van der Waals surface area contributed by atoms with Gasteiger partial charge >= 0.3 is 0 Å². The summed E-state index contributed by atoms with van der Waals surface area (Å²) in [5.41, 5.74) is 0. The third kappa shape index (κ3) is 0.873. The Labute approximate surface area is 71.2 Å². The van der Waals surface area contributed by atoms with E-state index in [4.69, 9.17) is 12.2 Å². The van der Waals surface area contributed by atoms with E-state index in [1.165, 1.54) is 19.4 Å². The van der Waals surface area contributed by atoms with E-state index in [9.17, 15) is 0 Å². The molecule has 2 fully saturated rings. The lowest BCUT2D eigenvalue weighted by Crippen LogP contribution is -2.28. The zero-order valence-corrected chi connectivity index (χ0v) is 7.67. The van der Waals surface area contributed by atoms with Gasteiger partial charge in [0.25, 0.3) is 0 Å². The summed E-state index contributed by atoms with van der Waals surface area (Å²) in [5.74, 6) is 0. The first kappa shape index (κ1) is 6.92. The van der Waals surface area contributed by atoms with Gasteiger partial charge in [0.15, 0.2) is 0 Å². The van der Waals surface area contributed by atoms with Crippen molar-refractivity contribution in [1.29, 1.82) is 0 Å².